The van der Waals surface area contributed by atoms with Crippen LogP contribution in [0.2, 0.25) is 0 Å². The smallest absolute Gasteiger partial charge is 0.303 e. The van der Waals surface area contributed by atoms with E-state index in [0.29, 0.717) is 4.77 Å². The molecule has 0 radical (unpaired) electrons. The van der Waals surface area contributed by atoms with Crippen LogP contribution in [0.1, 0.15) is 27.0 Å². The monoisotopic (exact) mass is 358 g/mol. The van der Waals surface area contributed by atoms with E-state index in [0.717, 1.165) is 0 Å². The number of carbonyl (C=O) groups excluding carboxylic acids is 3. The van der Waals surface area contributed by atoms with E-state index >= 15 is 0 Å². The van der Waals surface area contributed by atoms with Gasteiger partial charge in [0.2, 0.25) is 0 Å². The number of aromatic nitrogens is 2. The number of hydrogen-bond donors (Lipinski definition) is 1. The first-order valence-corrected chi connectivity index (χ1v) is 7.59. The molecule has 0 amide bonds. The fourth-order valence-corrected chi connectivity index (χ4v) is 2.68. The first kappa shape index (κ1) is 18.1. The molecule has 0 aliphatic carbocycles. The van der Waals surface area contributed by atoms with Gasteiger partial charge in [0, 0.05) is 33.2 Å². The maximum Gasteiger partial charge on any atom is 0.303 e. The highest BCUT2D eigenvalue weighted by molar-refractivity contribution is 7.71. The molecule has 1 aliphatic heterocycles. The Morgan fingerprint density at radius 3 is 2.29 bits per heavy atom. The second-order valence-corrected chi connectivity index (χ2v) is 5.57. The molecule has 4 atom stereocenters. The van der Waals surface area contributed by atoms with Crippen LogP contribution in [-0.2, 0) is 33.3 Å². The number of ether oxygens (including phenoxy) is 4. The maximum atomic E-state index is 11.5. The predicted octanol–water partition coefficient (Wildman–Crippen LogP) is 0.870. The van der Waals surface area contributed by atoms with Crippen molar-refractivity contribution in [2.45, 2.75) is 45.3 Å². The predicted molar refractivity (Wildman–Crippen MR) is 81.3 cm³/mol. The normalized spacial score (nSPS) is 26.0. The van der Waals surface area contributed by atoms with Gasteiger partial charge >= 0.3 is 17.9 Å². The van der Waals surface area contributed by atoms with Crippen LogP contribution in [0, 0.1) is 4.77 Å². The van der Waals surface area contributed by atoms with Gasteiger partial charge in [-0.3, -0.25) is 19.0 Å². The van der Waals surface area contributed by atoms with Crippen molar-refractivity contribution in [2.75, 3.05) is 6.61 Å². The van der Waals surface area contributed by atoms with Gasteiger partial charge in [0.1, 0.15) is 12.7 Å². The molecule has 1 saturated heterocycles. The zero-order chi connectivity index (χ0) is 17.9. The van der Waals surface area contributed by atoms with Crippen LogP contribution in [0.5, 0.6) is 0 Å². The van der Waals surface area contributed by atoms with Crippen molar-refractivity contribution >= 4 is 30.1 Å². The fourth-order valence-electron chi connectivity index (χ4n) is 2.45. The minimum absolute atomic E-state index is 0.153. The van der Waals surface area contributed by atoms with Crippen LogP contribution >= 0.6 is 12.2 Å². The maximum absolute atomic E-state index is 11.5. The Bertz CT molecular complexity index is 683. The lowest BCUT2D eigenvalue weighted by atomic mass is 10.1. The lowest BCUT2D eigenvalue weighted by Crippen LogP contribution is -2.40. The molecule has 24 heavy (non-hydrogen) atoms. The van der Waals surface area contributed by atoms with Gasteiger partial charge in [-0.25, -0.2) is 0 Å². The van der Waals surface area contributed by atoms with Gasteiger partial charge < -0.3 is 23.9 Å². The summed E-state index contributed by atoms with van der Waals surface area (Å²) in [6.45, 7) is 3.55. The van der Waals surface area contributed by atoms with Crippen LogP contribution in [0.3, 0.4) is 0 Å². The zero-order valence-corrected chi connectivity index (χ0v) is 14.2. The van der Waals surface area contributed by atoms with Crippen molar-refractivity contribution in [3.63, 3.8) is 0 Å². The molecule has 132 valence electrons. The highest BCUT2D eigenvalue weighted by atomic mass is 32.1. The largest absolute Gasteiger partial charge is 0.463 e. The number of imidazole rings is 1. The average molecular weight is 358 g/mol. The number of carbonyl (C=O) groups is 3. The van der Waals surface area contributed by atoms with Crippen molar-refractivity contribution in [2.24, 2.45) is 0 Å². The molecule has 0 bridgehead atoms. The summed E-state index contributed by atoms with van der Waals surface area (Å²) in [4.78, 5) is 36.7. The minimum Gasteiger partial charge on any atom is -0.463 e. The summed E-state index contributed by atoms with van der Waals surface area (Å²) in [6, 6.07) is 0. The van der Waals surface area contributed by atoms with E-state index in [9.17, 15) is 14.4 Å². The second kappa shape index (κ2) is 7.58. The van der Waals surface area contributed by atoms with E-state index in [1.807, 2.05) is 0 Å². The number of H-pyrrole nitrogens is 1. The Morgan fingerprint density at radius 2 is 1.79 bits per heavy atom. The Labute approximate surface area is 142 Å². The van der Waals surface area contributed by atoms with Crippen LogP contribution in [-0.4, -0.2) is 52.4 Å². The molecule has 1 aliphatic rings. The number of nitrogens with one attached hydrogen (secondary N) is 1. The molecule has 1 aromatic heterocycles. The first-order chi connectivity index (χ1) is 11.3. The molecule has 0 unspecified atom stereocenters. The summed E-state index contributed by atoms with van der Waals surface area (Å²) in [5, 5.41) is 0. The van der Waals surface area contributed by atoms with Gasteiger partial charge in [0.05, 0.1) is 0 Å². The van der Waals surface area contributed by atoms with Gasteiger partial charge in [0.25, 0.3) is 0 Å². The average Bonchev–Trinajstić information content (AvgIpc) is 3.01. The number of esters is 3. The van der Waals surface area contributed by atoms with Gasteiger partial charge in [-0.15, -0.1) is 0 Å². The molecule has 2 rings (SSSR count). The Kier molecular flexibility index (Phi) is 5.73. The third-order valence-corrected chi connectivity index (χ3v) is 3.62. The van der Waals surface area contributed by atoms with E-state index in [2.05, 4.69) is 4.98 Å². The van der Waals surface area contributed by atoms with Crippen LogP contribution < -0.4 is 0 Å². The highest BCUT2D eigenvalue weighted by Gasteiger charge is 2.50. The second-order valence-electron chi connectivity index (χ2n) is 5.19. The number of aromatic amines is 1. The molecule has 1 fully saturated rings. The van der Waals surface area contributed by atoms with Gasteiger partial charge in [0.15, 0.2) is 23.2 Å². The van der Waals surface area contributed by atoms with E-state index < -0.39 is 42.4 Å². The summed E-state index contributed by atoms with van der Waals surface area (Å²) in [6.07, 6.45) is -0.289. The zero-order valence-electron chi connectivity index (χ0n) is 13.4. The SMILES string of the molecule is CC(=O)OC[C@H]1O[C@@H](n2cc[nH]c2=S)[C@H](OC(C)=O)[C@@H]1OC(C)=O. The first-order valence-electron chi connectivity index (χ1n) is 7.18. The lowest BCUT2D eigenvalue weighted by molar-refractivity contribution is -0.166. The fraction of sp³-hybridized carbons (Fsp3) is 0.571. The van der Waals surface area contributed by atoms with Crippen molar-refractivity contribution < 1.29 is 33.3 Å². The summed E-state index contributed by atoms with van der Waals surface area (Å²) in [5.74, 6) is -1.65. The molecule has 0 aromatic carbocycles. The van der Waals surface area contributed by atoms with E-state index in [-0.39, 0.29) is 6.61 Å². The van der Waals surface area contributed by atoms with Crippen molar-refractivity contribution in [3.8, 4) is 0 Å². The number of hydrogen-bond acceptors (Lipinski definition) is 8. The molecular weight excluding hydrogens is 340 g/mol. The van der Waals surface area contributed by atoms with Crippen molar-refractivity contribution in [1.82, 2.24) is 9.55 Å². The molecule has 9 nitrogen and oxygen atoms in total. The summed E-state index contributed by atoms with van der Waals surface area (Å²) >= 11 is 5.15. The molecule has 2 heterocycles. The van der Waals surface area contributed by atoms with E-state index in [1.54, 1.807) is 12.4 Å². The van der Waals surface area contributed by atoms with Crippen molar-refractivity contribution in [3.05, 3.63) is 17.2 Å². The molecule has 1 N–H and O–H groups in total. The van der Waals surface area contributed by atoms with Gasteiger partial charge in [-0.1, -0.05) is 0 Å². The Hall–Kier alpha value is -2.20. The summed E-state index contributed by atoms with van der Waals surface area (Å²) in [7, 11) is 0. The Morgan fingerprint density at radius 1 is 1.17 bits per heavy atom. The quantitative estimate of drug-likeness (QED) is 0.469. The van der Waals surface area contributed by atoms with E-state index in [4.69, 9.17) is 31.2 Å². The molecular formula is C14H18N2O7S. The number of nitrogens with zero attached hydrogens (tertiary/aromatic N) is 1. The lowest BCUT2D eigenvalue weighted by Gasteiger charge is -2.23. The van der Waals surface area contributed by atoms with Crippen LogP contribution in [0.15, 0.2) is 12.4 Å². The Balaban J connectivity index is 2.33. The van der Waals surface area contributed by atoms with Crippen LogP contribution in [0.25, 0.3) is 0 Å². The molecule has 10 heteroatoms. The van der Waals surface area contributed by atoms with Crippen LogP contribution in [0.4, 0.5) is 0 Å². The molecule has 0 saturated carbocycles. The van der Waals surface area contributed by atoms with Gasteiger partial charge in [-0.2, -0.15) is 0 Å². The molecule has 1 aromatic rings. The summed E-state index contributed by atoms with van der Waals surface area (Å²) in [5.41, 5.74) is 0. The third kappa shape index (κ3) is 4.20. The standard InChI is InChI=1S/C14H18N2O7S/c1-7(17)20-6-10-11(21-8(2)18)12(22-9(3)19)13(23-10)16-5-4-15-14(16)24/h4-5,10-13H,6H2,1-3H3,(H,15,24)/t10-,11-,12-,13-/m1/s1. The minimum atomic E-state index is -0.937. The van der Waals surface area contributed by atoms with E-state index in [1.165, 1.54) is 25.3 Å². The third-order valence-electron chi connectivity index (χ3n) is 3.29. The number of rotatable bonds is 5. The van der Waals surface area contributed by atoms with Crippen molar-refractivity contribution in [1.29, 1.82) is 0 Å². The molecule has 0 spiro atoms. The topological polar surface area (TPSA) is 109 Å². The highest BCUT2D eigenvalue weighted by Crippen LogP contribution is 2.34. The van der Waals surface area contributed by atoms with Gasteiger partial charge in [-0.05, 0) is 12.2 Å². The summed E-state index contributed by atoms with van der Waals surface area (Å²) < 4.78 is 23.2.